The third-order valence-electron chi connectivity index (χ3n) is 3.95. The molecule has 2 N–H and O–H groups in total. The number of anilines is 2. The van der Waals surface area contributed by atoms with E-state index in [1.54, 1.807) is 12.1 Å². The van der Waals surface area contributed by atoms with Crippen LogP contribution >= 0.6 is 23.1 Å². The van der Waals surface area contributed by atoms with E-state index < -0.39 is 0 Å². The Labute approximate surface area is 171 Å². The normalized spacial score (nSPS) is 11.8. The van der Waals surface area contributed by atoms with Gasteiger partial charge in [-0.05, 0) is 55.7 Å². The molecule has 1 heterocycles. The summed E-state index contributed by atoms with van der Waals surface area (Å²) in [7, 11) is 0. The second-order valence-corrected chi connectivity index (χ2v) is 8.86. The fourth-order valence-electron chi connectivity index (χ4n) is 2.48. The minimum atomic E-state index is -0.284. The van der Waals surface area contributed by atoms with Crippen LogP contribution in [-0.2, 0) is 11.2 Å². The number of carbonyl (C=O) groups is 1. The molecule has 0 aliphatic carbocycles. The molecular formula is C20H21FN4OS2. The summed E-state index contributed by atoms with van der Waals surface area (Å²) in [5.74, 6) is -0.318. The number of benzene rings is 2. The fraction of sp³-hybridized carbons (Fsp3) is 0.250. The van der Waals surface area contributed by atoms with E-state index in [9.17, 15) is 9.18 Å². The molecule has 3 aromatic rings. The molecule has 0 spiro atoms. The number of rotatable bonds is 8. The molecule has 3 rings (SSSR count). The lowest BCUT2D eigenvalue weighted by atomic mass is 10.1. The number of aromatic nitrogens is 2. The maximum Gasteiger partial charge on any atom is 0.233 e. The molecule has 1 amide bonds. The lowest BCUT2D eigenvalue weighted by molar-refractivity contribution is -0.120. The average molecular weight is 417 g/mol. The van der Waals surface area contributed by atoms with Crippen molar-refractivity contribution in [3.05, 3.63) is 65.5 Å². The largest absolute Gasteiger partial charge is 0.355 e. The first-order valence-electron chi connectivity index (χ1n) is 8.85. The van der Waals surface area contributed by atoms with Crippen LogP contribution in [0.25, 0.3) is 0 Å². The van der Waals surface area contributed by atoms with Crippen molar-refractivity contribution in [1.29, 1.82) is 0 Å². The van der Waals surface area contributed by atoms with Crippen molar-refractivity contribution in [1.82, 2.24) is 15.5 Å². The molecule has 0 aliphatic heterocycles. The molecule has 0 bridgehead atoms. The Kier molecular flexibility index (Phi) is 7.00. The summed E-state index contributed by atoms with van der Waals surface area (Å²) in [5, 5.41) is 14.8. The number of hydrogen-bond acceptors (Lipinski definition) is 6. The fourth-order valence-corrected chi connectivity index (χ4v) is 4.42. The molecule has 0 aliphatic rings. The smallest absolute Gasteiger partial charge is 0.233 e. The summed E-state index contributed by atoms with van der Waals surface area (Å²) in [5.41, 5.74) is 3.10. The molecule has 8 heteroatoms. The van der Waals surface area contributed by atoms with Gasteiger partial charge in [0, 0.05) is 12.2 Å². The maximum absolute atomic E-state index is 12.9. The SMILES string of the molecule is Cc1cccc(Nc2nnc(S[C@@H](C)C(=O)NCCc3ccc(F)cc3)s2)c1. The Morgan fingerprint density at radius 3 is 2.75 bits per heavy atom. The Hall–Kier alpha value is -2.45. The predicted molar refractivity (Wildman–Crippen MR) is 113 cm³/mol. The lowest BCUT2D eigenvalue weighted by Crippen LogP contribution is -2.32. The quantitative estimate of drug-likeness (QED) is 0.527. The van der Waals surface area contributed by atoms with Crippen molar-refractivity contribution in [2.24, 2.45) is 0 Å². The number of thioether (sulfide) groups is 1. The van der Waals surface area contributed by atoms with Crippen LogP contribution in [0.2, 0.25) is 0 Å². The zero-order valence-corrected chi connectivity index (χ0v) is 17.2. The molecule has 2 aromatic carbocycles. The minimum absolute atomic E-state index is 0.0597. The van der Waals surface area contributed by atoms with Crippen LogP contribution in [0.5, 0.6) is 0 Å². The number of aryl methyl sites for hydroxylation is 1. The second-order valence-electron chi connectivity index (χ2n) is 6.30. The van der Waals surface area contributed by atoms with Gasteiger partial charge in [0.1, 0.15) is 5.82 Å². The third kappa shape index (κ3) is 6.03. The number of carbonyl (C=O) groups excluding carboxylic acids is 1. The molecule has 0 saturated heterocycles. The van der Waals surface area contributed by atoms with E-state index in [0.717, 1.165) is 21.2 Å². The third-order valence-corrected chi connectivity index (χ3v) is 5.97. The zero-order chi connectivity index (χ0) is 19.9. The van der Waals surface area contributed by atoms with Crippen molar-refractivity contribution in [3.8, 4) is 0 Å². The monoisotopic (exact) mass is 416 g/mol. The minimum Gasteiger partial charge on any atom is -0.355 e. The number of nitrogens with zero attached hydrogens (tertiary/aromatic N) is 2. The van der Waals surface area contributed by atoms with E-state index in [2.05, 4.69) is 20.8 Å². The second kappa shape index (κ2) is 9.66. The van der Waals surface area contributed by atoms with Crippen LogP contribution in [0.1, 0.15) is 18.1 Å². The van der Waals surface area contributed by atoms with Gasteiger partial charge in [-0.1, -0.05) is 47.4 Å². The van der Waals surface area contributed by atoms with Crippen LogP contribution in [0.15, 0.2) is 52.9 Å². The van der Waals surface area contributed by atoms with Gasteiger partial charge in [0.2, 0.25) is 11.0 Å². The Balaban J connectivity index is 1.46. The molecule has 1 aromatic heterocycles. The van der Waals surface area contributed by atoms with Crippen molar-refractivity contribution in [2.45, 2.75) is 29.9 Å². The first-order valence-corrected chi connectivity index (χ1v) is 10.6. The summed E-state index contributed by atoms with van der Waals surface area (Å²) in [6, 6.07) is 14.3. The van der Waals surface area contributed by atoms with E-state index in [-0.39, 0.29) is 17.0 Å². The van der Waals surface area contributed by atoms with Gasteiger partial charge in [0.15, 0.2) is 4.34 Å². The van der Waals surface area contributed by atoms with Gasteiger partial charge >= 0.3 is 0 Å². The standard InChI is InChI=1S/C20H21FN4OS2/c1-13-4-3-5-17(12-13)23-19-24-25-20(28-19)27-14(2)18(26)22-11-10-15-6-8-16(21)9-7-15/h3-9,12,14H,10-11H2,1-2H3,(H,22,26)(H,23,24)/t14-/m0/s1. The van der Waals surface area contributed by atoms with E-state index in [1.807, 2.05) is 38.1 Å². The van der Waals surface area contributed by atoms with E-state index >= 15 is 0 Å². The summed E-state index contributed by atoms with van der Waals surface area (Å²) >= 11 is 2.79. The van der Waals surface area contributed by atoms with Gasteiger partial charge in [-0.15, -0.1) is 10.2 Å². The highest BCUT2D eigenvalue weighted by Gasteiger charge is 2.17. The highest BCUT2D eigenvalue weighted by Crippen LogP contribution is 2.30. The van der Waals surface area contributed by atoms with Crippen LogP contribution in [-0.4, -0.2) is 27.9 Å². The van der Waals surface area contributed by atoms with E-state index in [0.29, 0.717) is 18.1 Å². The van der Waals surface area contributed by atoms with Gasteiger partial charge in [0.25, 0.3) is 0 Å². The van der Waals surface area contributed by atoms with Gasteiger partial charge in [-0.3, -0.25) is 4.79 Å². The summed E-state index contributed by atoms with van der Waals surface area (Å²) in [6.45, 7) is 4.38. The highest BCUT2D eigenvalue weighted by atomic mass is 32.2. The van der Waals surface area contributed by atoms with Crippen LogP contribution < -0.4 is 10.6 Å². The van der Waals surface area contributed by atoms with Crippen LogP contribution in [0.3, 0.4) is 0 Å². The van der Waals surface area contributed by atoms with Crippen molar-refractivity contribution in [3.63, 3.8) is 0 Å². The zero-order valence-electron chi connectivity index (χ0n) is 15.6. The maximum atomic E-state index is 12.9. The van der Waals surface area contributed by atoms with Gasteiger partial charge in [-0.2, -0.15) is 0 Å². The number of hydrogen-bond donors (Lipinski definition) is 2. The number of amides is 1. The Bertz CT molecular complexity index is 930. The van der Waals surface area contributed by atoms with Crippen LogP contribution in [0.4, 0.5) is 15.2 Å². The molecule has 5 nitrogen and oxygen atoms in total. The number of halogens is 1. The van der Waals surface area contributed by atoms with Gasteiger partial charge in [-0.25, -0.2) is 4.39 Å². The van der Waals surface area contributed by atoms with Crippen LogP contribution in [0, 0.1) is 12.7 Å². The van der Waals surface area contributed by atoms with Gasteiger partial charge < -0.3 is 10.6 Å². The molecule has 146 valence electrons. The number of nitrogens with one attached hydrogen (secondary N) is 2. The average Bonchev–Trinajstić information content (AvgIpc) is 3.10. The Morgan fingerprint density at radius 2 is 2.00 bits per heavy atom. The topological polar surface area (TPSA) is 66.9 Å². The van der Waals surface area contributed by atoms with Gasteiger partial charge in [0.05, 0.1) is 5.25 Å². The van der Waals surface area contributed by atoms with E-state index in [4.69, 9.17) is 0 Å². The molecular weight excluding hydrogens is 395 g/mol. The van der Waals surface area contributed by atoms with Crippen molar-refractivity contribution < 1.29 is 9.18 Å². The van der Waals surface area contributed by atoms with Crippen molar-refractivity contribution >= 4 is 39.8 Å². The lowest BCUT2D eigenvalue weighted by Gasteiger charge is -2.10. The predicted octanol–water partition coefficient (Wildman–Crippen LogP) is 4.57. The molecule has 0 fully saturated rings. The molecule has 28 heavy (non-hydrogen) atoms. The first-order chi connectivity index (χ1) is 13.5. The summed E-state index contributed by atoms with van der Waals surface area (Å²) in [6.07, 6.45) is 0.659. The molecule has 0 unspecified atom stereocenters. The summed E-state index contributed by atoms with van der Waals surface area (Å²) < 4.78 is 13.6. The van der Waals surface area contributed by atoms with Crippen molar-refractivity contribution in [2.75, 3.05) is 11.9 Å². The molecule has 0 radical (unpaired) electrons. The van der Waals surface area contributed by atoms with E-state index in [1.165, 1.54) is 35.2 Å². The highest BCUT2D eigenvalue weighted by molar-refractivity contribution is 8.02. The Morgan fingerprint density at radius 1 is 1.21 bits per heavy atom. The summed E-state index contributed by atoms with van der Waals surface area (Å²) in [4.78, 5) is 12.3. The molecule has 0 saturated carbocycles. The molecule has 1 atom stereocenters. The first kappa shape index (κ1) is 20.3.